The van der Waals surface area contributed by atoms with Crippen LogP contribution in [0, 0.1) is 17.8 Å². The minimum atomic E-state index is 0.367. The number of hydrogen-bond acceptors (Lipinski definition) is 1. The average Bonchev–Trinajstić information content (AvgIpc) is 2.52. The number of carbonyl (C=O) groups is 1. The fraction of sp³-hybridized carbons (Fsp3) is 0.917. The van der Waals surface area contributed by atoms with E-state index in [1.807, 2.05) is 11.9 Å². The molecule has 0 N–H and O–H groups in total. The Balaban J connectivity index is 2.20. The van der Waals surface area contributed by atoms with Crippen LogP contribution in [0.25, 0.3) is 0 Å². The van der Waals surface area contributed by atoms with Gasteiger partial charge in [-0.3, -0.25) is 4.79 Å². The molecule has 0 spiro atoms. The summed E-state index contributed by atoms with van der Waals surface area (Å²) >= 11 is 0. The standard InChI is InChI=1S/C12H21NO/c1-8(2)12-10-6-4-5-9(10)7-11(14)13(12)3/h8-10,12H,4-7H2,1-3H3. The summed E-state index contributed by atoms with van der Waals surface area (Å²) in [7, 11) is 1.99. The van der Waals surface area contributed by atoms with Gasteiger partial charge in [-0.1, -0.05) is 20.3 Å². The van der Waals surface area contributed by atoms with E-state index in [0.717, 1.165) is 12.3 Å². The second-order valence-electron chi connectivity index (χ2n) is 5.30. The van der Waals surface area contributed by atoms with Crippen molar-refractivity contribution in [3.8, 4) is 0 Å². The molecule has 1 amide bonds. The summed E-state index contributed by atoms with van der Waals surface area (Å²) in [6.45, 7) is 4.49. The SMILES string of the molecule is CC(C)C1C2CCCC2CC(=O)N1C. The van der Waals surface area contributed by atoms with Crippen molar-refractivity contribution in [3.63, 3.8) is 0 Å². The maximum atomic E-state index is 11.8. The first-order valence-electron chi connectivity index (χ1n) is 5.87. The van der Waals surface area contributed by atoms with Crippen molar-refractivity contribution in [2.24, 2.45) is 17.8 Å². The Morgan fingerprint density at radius 2 is 2.07 bits per heavy atom. The van der Waals surface area contributed by atoms with E-state index in [1.165, 1.54) is 19.3 Å². The van der Waals surface area contributed by atoms with E-state index in [9.17, 15) is 4.79 Å². The maximum Gasteiger partial charge on any atom is 0.222 e. The van der Waals surface area contributed by atoms with Crippen molar-refractivity contribution in [3.05, 3.63) is 0 Å². The first-order valence-corrected chi connectivity index (χ1v) is 5.87. The summed E-state index contributed by atoms with van der Waals surface area (Å²) in [5.74, 6) is 2.46. The summed E-state index contributed by atoms with van der Waals surface area (Å²) in [6, 6.07) is 0.503. The molecular formula is C12H21NO. The van der Waals surface area contributed by atoms with Gasteiger partial charge in [-0.05, 0) is 30.6 Å². The number of rotatable bonds is 1. The van der Waals surface area contributed by atoms with Crippen molar-refractivity contribution >= 4 is 5.91 Å². The predicted molar refractivity (Wildman–Crippen MR) is 56.8 cm³/mol. The molecule has 2 rings (SSSR count). The Morgan fingerprint density at radius 1 is 1.36 bits per heavy atom. The molecular weight excluding hydrogens is 174 g/mol. The average molecular weight is 195 g/mol. The molecule has 0 aromatic heterocycles. The third-order valence-corrected chi connectivity index (χ3v) is 4.12. The number of hydrogen-bond donors (Lipinski definition) is 0. The zero-order valence-corrected chi connectivity index (χ0v) is 9.49. The van der Waals surface area contributed by atoms with E-state index < -0.39 is 0 Å². The summed E-state index contributed by atoms with van der Waals surface area (Å²) in [5.41, 5.74) is 0. The summed E-state index contributed by atoms with van der Waals surface area (Å²) in [4.78, 5) is 13.8. The van der Waals surface area contributed by atoms with Crippen molar-refractivity contribution in [2.75, 3.05) is 7.05 Å². The molecule has 0 radical (unpaired) electrons. The van der Waals surface area contributed by atoms with Gasteiger partial charge in [0, 0.05) is 19.5 Å². The number of amides is 1. The minimum Gasteiger partial charge on any atom is -0.342 e. The van der Waals surface area contributed by atoms with Crippen LogP contribution < -0.4 is 0 Å². The molecule has 0 bridgehead atoms. The van der Waals surface area contributed by atoms with E-state index >= 15 is 0 Å². The van der Waals surface area contributed by atoms with Gasteiger partial charge in [0.15, 0.2) is 0 Å². The second kappa shape index (κ2) is 3.56. The van der Waals surface area contributed by atoms with Gasteiger partial charge in [-0.2, -0.15) is 0 Å². The zero-order valence-electron chi connectivity index (χ0n) is 9.49. The molecule has 1 saturated heterocycles. The van der Waals surface area contributed by atoms with E-state index in [0.29, 0.717) is 23.8 Å². The fourth-order valence-electron chi connectivity index (χ4n) is 3.53. The molecule has 1 saturated carbocycles. The first kappa shape index (κ1) is 10.0. The normalized spacial score (nSPS) is 37.9. The quantitative estimate of drug-likeness (QED) is 0.628. The molecule has 14 heavy (non-hydrogen) atoms. The van der Waals surface area contributed by atoms with Crippen LogP contribution in [0.4, 0.5) is 0 Å². The zero-order chi connectivity index (χ0) is 10.3. The molecule has 2 fully saturated rings. The maximum absolute atomic E-state index is 11.8. The van der Waals surface area contributed by atoms with Crippen molar-refractivity contribution in [1.29, 1.82) is 0 Å². The van der Waals surface area contributed by atoms with Gasteiger partial charge in [0.05, 0.1) is 0 Å². The molecule has 80 valence electrons. The molecule has 3 unspecified atom stereocenters. The number of fused-ring (bicyclic) bond motifs is 1. The molecule has 0 aromatic rings. The Hall–Kier alpha value is -0.530. The second-order valence-corrected chi connectivity index (χ2v) is 5.30. The Labute approximate surface area is 86.7 Å². The molecule has 1 aliphatic heterocycles. The molecule has 2 aliphatic rings. The lowest BCUT2D eigenvalue weighted by atomic mass is 9.77. The van der Waals surface area contributed by atoms with Gasteiger partial charge in [0.25, 0.3) is 0 Å². The van der Waals surface area contributed by atoms with Crippen LogP contribution in [-0.2, 0) is 4.79 Å². The summed E-state index contributed by atoms with van der Waals surface area (Å²) in [5, 5.41) is 0. The van der Waals surface area contributed by atoms with Gasteiger partial charge in [0.1, 0.15) is 0 Å². The van der Waals surface area contributed by atoms with Crippen LogP contribution in [-0.4, -0.2) is 23.9 Å². The number of piperidine rings is 1. The van der Waals surface area contributed by atoms with Gasteiger partial charge in [-0.25, -0.2) is 0 Å². The monoisotopic (exact) mass is 195 g/mol. The lowest BCUT2D eigenvalue weighted by molar-refractivity contribution is -0.140. The number of carbonyl (C=O) groups excluding carboxylic acids is 1. The highest BCUT2D eigenvalue weighted by Crippen LogP contribution is 2.43. The summed E-state index contributed by atoms with van der Waals surface area (Å²) < 4.78 is 0. The Kier molecular flexibility index (Phi) is 2.54. The van der Waals surface area contributed by atoms with Crippen molar-refractivity contribution < 1.29 is 4.79 Å². The largest absolute Gasteiger partial charge is 0.342 e. The van der Waals surface area contributed by atoms with Crippen LogP contribution in [0.3, 0.4) is 0 Å². The minimum absolute atomic E-state index is 0.367. The van der Waals surface area contributed by atoms with Crippen LogP contribution in [0.5, 0.6) is 0 Å². The Bertz CT molecular complexity index is 236. The topological polar surface area (TPSA) is 20.3 Å². The van der Waals surface area contributed by atoms with Crippen LogP contribution in [0.2, 0.25) is 0 Å². The third kappa shape index (κ3) is 1.45. The fourth-order valence-corrected chi connectivity index (χ4v) is 3.53. The highest BCUT2D eigenvalue weighted by atomic mass is 16.2. The van der Waals surface area contributed by atoms with Crippen LogP contribution in [0.1, 0.15) is 39.5 Å². The van der Waals surface area contributed by atoms with Crippen molar-refractivity contribution in [2.45, 2.75) is 45.6 Å². The lowest BCUT2D eigenvalue weighted by Crippen LogP contribution is -2.51. The predicted octanol–water partition coefficient (Wildman–Crippen LogP) is 2.29. The Morgan fingerprint density at radius 3 is 2.71 bits per heavy atom. The molecule has 0 aromatic carbocycles. The lowest BCUT2D eigenvalue weighted by Gasteiger charge is -2.43. The van der Waals surface area contributed by atoms with E-state index in [2.05, 4.69) is 13.8 Å². The molecule has 2 nitrogen and oxygen atoms in total. The van der Waals surface area contributed by atoms with Gasteiger partial charge in [0.2, 0.25) is 5.91 Å². The number of nitrogens with zero attached hydrogens (tertiary/aromatic N) is 1. The smallest absolute Gasteiger partial charge is 0.222 e. The summed E-state index contributed by atoms with van der Waals surface area (Å²) in [6.07, 6.45) is 4.77. The van der Waals surface area contributed by atoms with Gasteiger partial charge >= 0.3 is 0 Å². The highest BCUT2D eigenvalue weighted by Gasteiger charge is 2.43. The van der Waals surface area contributed by atoms with E-state index in [4.69, 9.17) is 0 Å². The number of likely N-dealkylation sites (tertiary alicyclic amines) is 1. The third-order valence-electron chi connectivity index (χ3n) is 4.12. The molecule has 1 heterocycles. The van der Waals surface area contributed by atoms with E-state index in [-0.39, 0.29) is 0 Å². The molecule has 1 aliphatic carbocycles. The van der Waals surface area contributed by atoms with Gasteiger partial charge in [-0.15, -0.1) is 0 Å². The van der Waals surface area contributed by atoms with Gasteiger partial charge < -0.3 is 4.90 Å². The van der Waals surface area contributed by atoms with Crippen molar-refractivity contribution in [1.82, 2.24) is 4.90 Å². The van der Waals surface area contributed by atoms with E-state index in [1.54, 1.807) is 0 Å². The first-order chi connectivity index (χ1) is 6.61. The van der Waals surface area contributed by atoms with Crippen LogP contribution in [0.15, 0.2) is 0 Å². The molecule has 3 atom stereocenters. The highest BCUT2D eigenvalue weighted by molar-refractivity contribution is 5.77. The molecule has 2 heteroatoms. The van der Waals surface area contributed by atoms with Crippen LogP contribution >= 0.6 is 0 Å².